The van der Waals surface area contributed by atoms with E-state index in [1.54, 1.807) is 12.4 Å². The van der Waals surface area contributed by atoms with Crippen molar-refractivity contribution < 1.29 is 0 Å². The zero-order chi connectivity index (χ0) is 13.9. The smallest absolute Gasteiger partial charge is 0.112 e. The van der Waals surface area contributed by atoms with Crippen LogP contribution in [0.4, 0.5) is 11.4 Å². The van der Waals surface area contributed by atoms with Crippen molar-refractivity contribution in [2.24, 2.45) is 0 Å². The highest BCUT2D eigenvalue weighted by Crippen LogP contribution is 2.25. The maximum Gasteiger partial charge on any atom is 0.112 e. The number of aryl methyl sites for hydroxylation is 1. The van der Waals surface area contributed by atoms with E-state index in [2.05, 4.69) is 62.4 Å². The second kappa shape index (κ2) is 5.59. The Kier molecular flexibility index (Phi) is 3.65. The Morgan fingerprint density at radius 3 is 2.65 bits per heavy atom. The zero-order valence-electron chi connectivity index (χ0n) is 11.1. The Morgan fingerprint density at radius 2 is 1.90 bits per heavy atom. The molecule has 0 amide bonds. The molecule has 3 nitrogen and oxygen atoms in total. The molecule has 0 fully saturated rings. The van der Waals surface area contributed by atoms with Crippen molar-refractivity contribution in [2.45, 2.75) is 13.3 Å². The maximum absolute atomic E-state index is 4.44. The number of rotatable bonds is 3. The minimum Gasteiger partial charge on any atom is -0.354 e. The summed E-state index contributed by atoms with van der Waals surface area (Å²) < 4.78 is 0.932. The summed E-state index contributed by atoms with van der Waals surface area (Å²) in [4.78, 5) is 8.78. The standard InChI is InChI=1S/C16H14BrN3/c1-2-11-3-5-13(6-4-11)20-14-7-8-18-15-9-12(17)10-19-16(14)15/h3-10H,2H2,1H3,(H,18,20). The van der Waals surface area contributed by atoms with E-state index < -0.39 is 0 Å². The van der Waals surface area contributed by atoms with Gasteiger partial charge in [0.1, 0.15) is 5.52 Å². The molecule has 0 unspecified atom stereocenters. The molecule has 1 aromatic carbocycles. The highest BCUT2D eigenvalue weighted by atomic mass is 79.9. The fourth-order valence-corrected chi connectivity index (χ4v) is 2.40. The summed E-state index contributed by atoms with van der Waals surface area (Å²) in [6.07, 6.45) is 4.63. The molecule has 0 spiro atoms. The highest BCUT2D eigenvalue weighted by molar-refractivity contribution is 9.10. The summed E-state index contributed by atoms with van der Waals surface area (Å²) in [6, 6.07) is 12.4. The molecule has 2 aromatic heterocycles. The van der Waals surface area contributed by atoms with Gasteiger partial charge in [0.2, 0.25) is 0 Å². The van der Waals surface area contributed by atoms with E-state index in [4.69, 9.17) is 0 Å². The summed E-state index contributed by atoms with van der Waals surface area (Å²) in [7, 11) is 0. The highest BCUT2D eigenvalue weighted by Gasteiger charge is 2.04. The lowest BCUT2D eigenvalue weighted by atomic mass is 10.1. The van der Waals surface area contributed by atoms with Gasteiger partial charge in [0.25, 0.3) is 0 Å². The van der Waals surface area contributed by atoms with Crippen molar-refractivity contribution in [2.75, 3.05) is 5.32 Å². The number of nitrogens with one attached hydrogen (secondary N) is 1. The molecule has 3 rings (SSSR count). The molecule has 0 aliphatic carbocycles. The number of pyridine rings is 2. The van der Waals surface area contributed by atoms with Gasteiger partial charge in [-0.05, 0) is 52.2 Å². The summed E-state index contributed by atoms with van der Waals surface area (Å²) in [5.74, 6) is 0. The van der Waals surface area contributed by atoms with E-state index in [9.17, 15) is 0 Å². The molecular weight excluding hydrogens is 314 g/mol. The van der Waals surface area contributed by atoms with E-state index in [1.165, 1.54) is 5.56 Å². The molecule has 100 valence electrons. The van der Waals surface area contributed by atoms with Crippen molar-refractivity contribution in [3.8, 4) is 0 Å². The fourth-order valence-electron chi connectivity index (χ4n) is 2.09. The predicted octanol–water partition coefficient (Wildman–Crippen LogP) is 4.70. The number of aromatic nitrogens is 2. The zero-order valence-corrected chi connectivity index (χ0v) is 12.7. The van der Waals surface area contributed by atoms with Crippen molar-refractivity contribution >= 4 is 38.3 Å². The van der Waals surface area contributed by atoms with Gasteiger partial charge in [-0.25, -0.2) is 0 Å². The first-order chi connectivity index (χ1) is 9.76. The second-order valence-electron chi connectivity index (χ2n) is 4.56. The van der Waals surface area contributed by atoms with Crippen LogP contribution in [0.25, 0.3) is 11.0 Å². The van der Waals surface area contributed by atoms with Crippen LogP contribution in [0.5, 0.6) is 0 Å². The topological polar surface area (TPSA) is 37.8 Å². The average Bonchev–Trinajstić information content (AvgIpc) is 2.48. The number of anilines is 2. The summed E-state index contributed by atoms with van der Waals surface area (Å²) in [5.41, 5.74) is 5.09. The van der Waals surface area contributed by atoms with E-state index in [0.717, 1.165) is 33.3 Å². The molecule has 0 atom stereocenters. The van der Waals surface area contributed by atoms with Crippen LogP contribution < -0.4 is 5.32 Å². The van der Waals surface area contributed by atoms with Crippen LogP contribution in [0.3, 0.4) is 0 Å². The molecule has 20 heavy (non-hydrogen) atoms. The van der Waals surface area contributed by atoms with Gasteiger partial charge in [-0.3, -0.25) is 9.97 Å². The number of hydrogen-bond acceptors (Lipinski definition) is 3. The lowest BCUT2D eigenvalue weighted by molar-refractivity contribution is 1.14. The van der Waals surface area contributed by atoms with E-state index in [-0.39, 0.29) is 0 Å². The Labute approximate surface area is 126 Å². The van der Waals surface area contributed by atoms with Crippen LogP contribution in [-0.2, 0) is 6.42 Å². The Bertz CT molecular complexity index is 738. The van der Waals surface area contributed by atoms with Crippen LogP contribution in [0.15, 0.2) is 53.3 Å². The van der Waals surface area contributed by atoms with Crippen LogP contribution in [0.2, 0.25) is 0 Å². The van der Waals surface area contributed by atoms with E-state index in [0.29, 0.717) is 0 Å². The van der Waals surface area contributed by atoms with Gasteiger partial charge in [-0.1, -0.05) is 19.1 Å². The van der Waals surface area contributed by atoms with Gasteiger partial charge in [0.15, 0.2) is 0 Å². The molecule has 1 N–H and O–H groups in total. The predicted molar refractivity (Wildman–Crippen MR) is 86.3 cm³/mol. The lowest BCUT2D eigenvalue weighted by Gasteiger charge is -2.09. The van der Waals surface area contributed by atoms with Crippen molar-refractivity contribution in [1.82, 2.24) is 9.97 Å². The molecule has 0 aliphatic heterocycles. The van der Waals surface area contributed by atoms with Gasteiger partial charge in [-0.15, -0.1) is 0 Å². The van der Waals surface area contributed by atoms with Crippen LogP contribution in [-0.4, -0.2) is 9.97 Å². The normalized spacial score (nSPS) is 10.7. The third-order valence-corrected chi connectivity index (χ3v) is 3.62. The van der Waals surface area contributed by atoms with Crippen molar-refractivity contribution in [1.29, 1.82) is 0 Å². The lowest BCUT2D eigenvalue weighted by Crippen LogP contribution is -1.94. The quantitative estimate of drug-likeness (QED) is 0.757. The third kappa shape index (κ3) is 2.65. The van der Waals surface area contributed by atoms with Crippen LogP contribution >= 0.6 is 15.9 Å². The summed E-state index contributed by atoms with van der Waals surface area (Å²) >= 11 is 3.42. The first kappa shape index (κ1) is 13.1. The van der Waals surface area contributed by atoms with Gasteiger partial charge in [0, 0.05) is 22.6 Å². The van der Waals surface area contributed by atoms with E-state index in [1.807, 2.05) is 12.1 Å². The average molecular weight is 328 g/mol. The molecule has 4 heteroatoms. The first-order valence-corrected chi connectivity index (χ1v) is 7.32. The van der Waals surface area contributed by atoms with Gasteiger partial charge >= 0.3 is 0 Å². The molecule has 2 heterocycles. The third-order valence-electron chi connectivity index (χ3n) is 3.19. The monoisotopic (exact) mass is 327 g/mol. The molecule has 0 saturated heterocycles. The SMILES string of the molecule is CCc1ccc(Nc2ccnc3cc(Br)cnc23)cc1. The largest absolute Gasteiger partial charge is 0.354 e. The number of benzene rings is 1. The number of fused-ring (bicyclic) bond motifs is 1. The number of halogens is 1. The van der Waals surface area contributed by atoms with Crippen molar-refractivity contribution in [3.05, 3.63) is 58.8 Å². The Morgan fingerprint density at radius 1 is 1.10 bits per heavy atom. The van der Waals surface area contributed by atoms with Crippen LogP contribution in [0.1, 0.15) is 12.5 Å². The van der Waals surface area contributed by atoms with Gasteiger partial charge < -0.3 is 5.32 Å². The fraction of sp³-hybridized carbons (Fsp3) is 0.125. The minimum atomic E-state index is 0.870. The summed E-state index contributed by atoms with van der Waals surface area (Å²) in [6.45, 7) is 2.15. The van der Waals surface area contributed by atoms with Gasteiger partial charge in [-0.2, -0.15) is 0 Å². The Balaban J connectivity index is 1.97. The molecular formula is C16H14BrN3. The summed E-state index contributed by atoms with van der Waals surface area (Å²) in [5, 5.41) is 3.40. The van der Waals surface area contributed by atoms with Crippen molar-refractivity contribution in [3.63, 3.8) is 0 Å². The first-order valence-electron chi connectivity index (χ1n) is 6.52. The molecule has 0 aliphatic rings. The molecule has 0 saturated carbocycles. The second-order valence-corrected chi connectivity index (χ2v) is 5.47. The molecule has 0 bridgehead atoms. The molecule has 3 aromatic rings. The maximum atomic E-state index is 4.44. The number of nitrogens with zero attached hydrogens (tertiary/aromatic N) is 2. The minimum absolute atomic E-state index is 0.870. The van der Waals surface area contributed by atoms with Crippen LogP contribution in [0, 0.1) is 0 Å². The Hall–Kier alpha value is -1.94. The van der Waals surface area contributed by atoms with Gasteiger partial charge in [0.05, 0.1) is 11.2 Å². The molecule has 0 radical (unpaired) electrons. The number of hydrogen-bond donors (Lipinski definition) is 1. The van der Waals surface area contributed by atoms with E-state index >= 15 is 0 Å².